The van der Waals surface area contributed by atoms with Gasteiger partial charge < -0.3 is 9.84 Å². The third kappa shape index (κ3) is 5.07. The first-order valence-electron chi connectivity index (χ1n) is 15.4. The van der Waals surface area contributed by atoms with Crippen LogP contribution in [0.15, 0.2) is 66.4 Å². The third-order valence-corrected chi connectivity index (χ3v) is 10.8. The fraction of sp³-hybridized carbons (Fsp3) is 0.294. The first kappa shape index (κ1) is 34.4. The third-order valence-electron chi connectivity index (χ3n) is 10.2. The number of carbonyl (C=O) groups excluding carboxylic acids is 5. The highest BCUT2D eigenvalue weighted by atomic mass is 35.5. The molecule has 5 amide bonds. The molecule has 4 aliphatic rings. The molecule has 3 fully saturated rings. The maximum Gasteiger partial charge on any atom is 0.423 e. The normalized spacial score (nSPS) is 27.2. The number of aromatic nitrogens is 1. The van der Waals surface area contributed by atoms with E-state index in [0.29, 0.717) is 27.7 Å². The van der Waals surface area contributed by atoms with Crippen molar-refractivity contribution >= 4 is 58.7 Å². The Labute approximate surface area is 295 Å². The number of imide groups is 4. The molecule has 2 N–H and O–H groups in total. The Morgan fingerprint density at radius 1 is 1.02 bits per heavy atom. The Kier molecular flexibility index (Phi) is 8.13. The number of carbonyl (C=O) groups is 5. The van der Waals surface area contributed by atoms with Crippen LogP contribution in [-0.4, -0.2) is 56.8 Å². The van der Waals surface area contributed by atoms with Crippen LogP contribution in [0.4, 0.5) is 28.2 Å². The molecular formula is C34H24Cl2F4N4O7. The molecule has 1 saturated carbocycles. The summed E-state index contributed by atoms with van der Waals surface area (Å²) in [5.41, 5.74) is 0.155. The van der Waals surface area contributed by atoms with Crippen LogP contribution in [0, 0.1) is 29.5 Å². The second-order valence-electron chi connectivity index (χ2n) is 12.6. The molecule has 0 radical (unpaired) electrons. The number of allylic oxidation sites excluding steroid dienone is 2. The molecule has 17 heteroatoms. The lowest BCUT2D eigenvalue weighted by atomic mass is 9.49. The van der Waals surface area contributed by atoms with E-state index in [1.165, 1.54) is 30.3 Å². The van der Waals surface area contributed by atoms with E-state index in [9.17, 15) is 37.5 Å². The number of amides is 5. The summed E-state index contributed by atoms with van der Waals surface area (Å²) >= 11 is 12.4. The number of methoxy groups -OCH3 is 1. The minimum atomic E-state index is -4.79. The van der Waals surface area contributed by atoms with Crippen LogP contribution in [0.25, 0.3) is 0 Å². The number of fused-ring (bicyclic) bond motifs is 4. The number of aromatic hydroxyl groups is 1. The number of nitrogens with one attached hydrogen (secondary N) is 1. The summed E-state index contributed by atoms with van der Waals surface area (Å²) in [5.74, 6) is -11.4. The molecule has 3 heterocycles. The van der Waals surface area contributed by atoms with E-state index in [0.717, 1.165) is 19.2 Å². The topological polar surface area (TPSA) is 146 Å². The van der Waals surface area contributed by atoms with Gasteiger partial charge in [0.2, 0.25) is 11.8 Å². The fourth-order valence-electron chi connectivity index (χ4n) is 8.13. The number of likely N-dealkylation sites (tertiary alicyclic amines) is 1. The standard InChI is InChI=1S/C34H24Cl2F4N4O7/c1-51-32(50)43-28(46)19-8-7-18-20(25(19)30(43)48)12-21-29(47)44(42-27-22(36)11-16(13-41-27)34(38,39)40)31(49)33(21,15-3-5-17(35)6-4-15)26(18)14-2-9-24(45)23(37)10-14/h2-7,9-11,13,19-21,25-26,45H,8,12H2,1H3,(H,41,42)/t19-,20+,21-,25-,26-,33+/m0/s1. The molecule has 11 nitrogen and oxygen atoms in total. The highest BCUT2D eigenvalue weighted by Crippen LogP contribution is 2.64. The summed E-state index contributed by atoms with van der Waals surface area (Å²) in [4.78, 5) is 73.4. The van der Waals surface area contributed by atoms with Crippen LogP contribution in [0.5, 0.6) is 5.75 Å². The summed E-state index contributed by atoms with van der Waals surface area (Å²) < 4.78 is 59.9. The highest BCUT2D eigenvalue weighted by molar-refractivity contribution is 6.33. The molecular weight excluding hydrogens is 723 g/mol. The minimum absolute atomic E-state index is 0.0534. The molecule has 2 aliphatic carbocycles. The molecule has 2 aromatic carbocycles. The number of phenols is 1. The van der Waals surface area contributed by atoms with Crippen molar-refractivity contribution in [2.75, 3.05) is 12.5 Å². The number of phenolic OH excluding ortho intramolecular Hbond substituents is 1. The number of ether oxygens (including phenoxy) is 1. The zero-order valence-corrected chi connectivity index (χ0v) is 27.6. The van der Waals surface area contributed by atoms with E-state index in [1.807, 2.05) is 0 Å². The molecule has 0 unspecified atom stereocenters. The summed E-state index contributed by atoms with van der Waals surface area (Å²) in [6, 6.07) is 9.96. The molecule has 0 bridgehead atoms. The number of hydrazine groups is 1. The number of pyridine rings is 1. The van der Waals surface area contributed by atoms with Gasteiger partial charge in [0.05, 0.1) is 40.9 Å². The maximum absolute atomic E-state index is 15.2. The SMILES string of the molecule is COC(=O)N1C(=O)[C@H]2[C@H](CC=C3[C@H]2C[C@H]2C(=O)N(Nc4ncc(C(F)(F)F)cc4Cl)C(=O)[C@@]2(c2ccc(Cl)cc2)[C@H]3c2ccc(O)c(F)c2)C1=O. The Morgan fingerprint density at radius 3 is 2.35 bits per heavy atom. The van der Waals surface area contributed by atoms with Gasteiger partial charge in [0.1, 0.15) is 0 Å². The largest absolute Gasteiger partial charge is 0.505 e. The lowest BCUT2D eigenvalue weighted by Gasteiger charge is -2.50. The average molecular weight is 747 g/mol. The van der Waals surface area contributed by atoms with E-state index < -0.39 is 98.9 Å². The Bertz CT molecular complexity index is 2080. The van der Waals surface area contributed by atoms with Crippen molar-refractivity contribution in [2.45, 2.75) is 30.4 Å². The summed E-state index contributed by atoms with van der Waals surface area (Å²) in [6.45, 7) is 0. The number of rotatable bonds is 4. The van der Waals surface area contributed by atoms with E-state index in [-0.39, 0.29) is 29.0 Å². The van der Waals surface area contributed by atoms with E-state index in [2.05, 4.69) is 15.1 Å². The molecule has 2 aliphatic heterocycles. The minimum Gasteiger partial charge on any atom is -0.505 e. The molecule has 51 heavy (non-hydrogen) atoms. The first-order chi connectivity index (χ1) is 24.1. The van der Waals surface area contributed by atoms with Gasteiger partial charge in [-0.25, -0.2) is 14.2 Å². The second-order valence-corrected chi connectivity index (χ2v) is 13.5. The molecule has 6 atom stereocenters. The van der Waals surface area contributed by atoms with Gasteiger partial charge >= 0.3 is 12.3 Å². The number of halogens is 6. The van der Waals surface area contributed by atoms with Crippen LogP contribution in [0.1, 0.15) is 35.4 Å². The van der Waals surface area contributed by atoms with E-state index in [4.69, 9.17) is 23.2 Å². The number of alkyl halides is 3. The van der Waals surface area contributed by atoms with Gasteiger partial charge in [0.15, 0.2) is 17.4 Å². The second kappa shape index (κ2) is 12.0. The number of hydrogen-bond acceptors (Lipinski definition) is 9. The molecule has 0 spiro atoms. The smallest absolute Gasteiger partial charge is 0.423 e. The van der Waals surface area contributed by atoms with Crippen LogP contribution in [0.3, 0.4) is 0 Å². The van der Waals surface area contributed by atoms with Gasteiger partial charge in [0.25, 0.3) is 11.8 Å². The average Bonchev–Trinajstić information content (AvgIpc) is 3.47. The maximum atomic E-state index is 15.2. The fourth-order valence-corrected chi connectivity index (χ4v) is 8.47. The predicted octanol–water partition coefficient (Wildman–Crippen LogP) is 6.00. The monoisotopic (exact) mass is 746 g/mol. The predicted molar refractivity (Wildman–Crippen MR) is 169 cm³/mol. The van der Waals surface area contributed by atoms with Crippen molar-refractivity contribution in [3.8, 4) is 5.75 Å². The molecule has 2 saturated heterocycles. The highest BCUT2D eigenvalue weighted by Gasteiger charge is 2.70. The van der Waals surface area contributed by atoms with Crippen molar-refractivity contribution < 1.29 is 51.4 Å². The van der Waals surface area contributed by atoms with Crippen molar-refractivity contribution in [2.24, 2.45) is 23.7 Å². The zero-order chi connectivity index (χ0) is 36.7. The number of anilines is 1. The van der Waals surface area contributed by atoms with Crippen LogP contribution >= 0.6 is 23.2 Å². The molecule has 7 rings (SSSR count). The van der Waals surface area contributed by atoms with Crippen molar-refractivity contribution in [1.82, 2.24) is 14.9 Å². The van der Waals surface area contributed by atoms with Gasteiger partial charge in [-0.2, -0.15) is 23.1 Å². The first-order valence-corrected chi connectivity index (χ1v) is 16.1. The molecule has 264 valence electrons. The summed E-state index contributed by atoms with van der Waals surface area (Å²) in [6.07, 6.45) is -4.14. The van der Waals surface area contributed by atoms with E-state index in [1.54, 1.807) is 6.08 Å². The van der Waals surface area contributed by atoms with Gasteiger partial charge in [-0.1, -0.05) is 53.1 Å². The Balaban J connectivity index is 1.44. The van der Waals surface area contributed by atoms with Crippen molar-refractivity contribution in [3.63, 3.8) is 0 Å². The number of hydrogen-bond donors (Lipinski definition) is 2. The van der Waals surface area contributed by atoms with Crippen molar-refractivity contribution in [3.05, 3.63) is 98.9 Å². The quantitative estimate of drug-likeness (QED) is 0.186. The van der Waals surface area contributed by atoms with Gasteiger partial charge in [-0.3, -0.25) is 24.6 Å². The van der Waals surface area contributed by atoms with Crippen LogP contribution in [0.2, 0.25) is 10.0 Å². The summed E-state index contributed by atoms with van der Waals surface area (Å²) in [5, 5.41) is 10.4. The van der Waals surface area contributed by atoms with Gasteiger partial charge in [0, 0.05) is 17.1 Å². The van der Waals surface area contributed by atoms with Crippen molar-refractivity contribution in [1.29, 1.82) is 0 Å². The molecule has 3 aromatic rings. The number of nitrogens with zero attached hydrogens (tertiary/aromatic N) is 3. The lowest BCUT2D eigenvalue weighted by Crippen LogP contribution is -2.53. The van der Waals surface area contributed by atoms with Crippen LogP contribution < -0.4 is 5.43 Å². The number of benzene rings is 2. The van der Waals surface area contributed by atoms with Gasteiger partial charge in [-0.15, -0.1) is 0 Å². The Hall–Kier alpha value is -5.02. The Morgan fingerprint density at radius 2 is 1.73 bits per heavy atom. The van der Waals surface area contributed by atoms with Gasteiger partial charge in [-0.05, 0) is 60.2 Å². The van der Waals surface area contributed by atoms with E-state index >= 15 is 9.18 Å². The van der Waals surface area contributed by atoms with Crippen LogP contribution in [-0.2, 0) is 35.5 Å². The summed E-state index contributed by atoms with van der Waals surface area (Å²) in [7, 11) is 1.01. The lowest BCUT2D eigenvalue weighted by molar-refractivity contribution is -0.140. The molecule has 1 aromatic heterocycles. The zero-order valence-electron chi connectivity index (χ0n) is 26.1.